The predicted octanol–water partition coefficient (Wildman–Crippen LogP) is 4.63. The van der Waals surface area contributed by atoms with Gasteiger partial charge in [-0.15, -0.1) is 0 Å². The summed E-state index contributed by atoms with van der Waals surface area (Å²) >= 11 is 0. The minimum atomic E-state index is -0.284. The fourth-order valence-electron chi connectivity index (χ4n) is 2.58. The molecule has 0 saturated carbocycles. The van der Waals surface area contributed by atoms with Crippen LogP contribution in [0.5, 0.6) is 0 Å². The molecule has 3 aromatic carbocycles. The molecule has 23 heavy (non-hydrogen) atoms. The highest BCUT2D eigenvalue weighted by molar-refractivity contribution is 5.90. The van der Waals surface area contributed by atoms with Gasteiger partial charge >= 0.3 is 5.97 Å². The number of benzene rings is 3. The lowest BCUT2D eigenvalue weighted by Gasteiger charge is -2.10. The second-order valence-electron chi connectivity index (χ2n) is 5.29. The Morgan fingerprint density at radius 3 is 2.48 bits per heavy atom. The summed E-state index contributed by atoms with van der Waals surface area (Å²) in [5.74, 6) is -0.284. The summed E-state index contributed by atoms with van der Waals surface area (Å²) in [6.07, 6.45) is 0. The van der Waals surface area contributed by atoms with Crippen molar-refractivity contribution in [2.75, 3.05) is 11.9 Å². The molecule has 0 aliphatic heterocycles. The summed E-state index contributed by atoms with van der Waals surface area (Å²) in [5, 5.41) is 5.89. The van der Waals surface area contributed by atoms with Gasteiger partial charge in [0, 0.05) is 12.2 Å². The van der Waals surface area contributed by atoms with Gasteiger partial charge in [0.25, 0.3) is 0 Å². The first-order chi connectivity index (χ1) is 11.3. The Morgan fingerprint density at radius 1 is 0.957 bits per heavy atom. The molecule has 0 heterocycles. The van der Waals surface area contributed by atoms with E-state index in [-0.39, 0.29) is 5.97 Å². The predicted molar refractivity (Wildman–Crippen MR) is 93.7 cm³/mol. The number of rotatable bonds is 5. The molecule has 0 unspecified atom stereocenters. The normalized spacial score (nSPS) is 10.5. The van der Waals surface area contributed by atoms with E-state index in [4.69, 9.17) is 4.74 Å². The fourth-order valence-corrected chi connectivity index (χ4v) is 2.58. The van der Waals surface area contributed by atoms with Crippen molar-refractivity contribution in [3.8, 4) is 0 Å². The van der Waals surface area contributed by atoms with Gasteiger partial charge < -0.3 is 10.1 Å². The van der Waals surface area contributed by atoms with Gasteiger partial charge in [0.05, 0.1) is 12.2 Å². The van der Waals surface area contributed by atoms with Crippen LogP contribution >= 0.6 is 0 Å². The zero-order valence-electron chi connectivity index (χ0n) is 13.1. The summed E-state index contributed by atoms with van der Waals surface area (Å²) < 4.78 is 4.99. The van der Waals surface area contributed by atoms with E-state index < -0.39 is 0 Å². The summed E-state index contributed by atoms with van der Waals surface area (Å²) in [6.45, 7) is 2.93. The van der Waals surface area contributed by atoms with Crippen molar-refractivity contribution in [2.24, 2.45) is 0 Å². The van der Waals surface area contributed by atoms with Crippen molar-refractivity contribution in [1.82, 2.24) is 0 Å². The van der Waals surface area contributed by atoms with Crippen LogP contribution in [0, 0.1) is 0 Å². The standard InChI is InChI=1S/C20H19NO2/c1-2-23-20(22)16-10-12-18(13-11-16)21-14-17-8-5-7-15-6-3-4-9-19(15)17/h3-13,21H,2,14H2,1H3. The van der Waals surface area contributed by atoms with Crippen LogP contribution in [-0.2, 0) is 11.3 Å². The van der Waals surface area contributed by atoms with E-state index in [1.165, 1.54) is 16.3 Å². The molecule has 0 fully saturated rings. The highest BCUT2D eigenvalue weighted by atomic mass is 16.5. The van der Waals surface area contributed by atoms with Crippen molar-refractivity contribution in [1.29, 1.82) is 0 Å². The van der Waals surface area contributed by atoms with Crippen molar-refractivity contribution in [3.63, 3.8) is 0 Å². The molecule has 0 saturated heterocycles. The zero-order valence-corrected chi connectivity index (χ0v) is 13.1. The Morgan fingerprint density at radius 2 is 1.70 bits per heavy atom. The minimum absolute atomic E-state index is 0.284. The number of anilines is 1. The quantitative estimate of drug-likeness (QED) is 0.698. The fraction of sp³-hybridized carbons (Fsp3) is 0.150. The van der Waals surface area contributed by atoms with E-state index in [9.17, 15) is 4.79 Å². The van der Waals surface area contributed by atoms with Gasteiger partial charge in [0.2, 0.25) is 0 Å². The Labute approximate surface area is 135 Å². The van der Waals surface area contributed by atoms with Gasteiger partial charge in [-0.3, -0.25) is 0 Å². The lowest BCUT2D eigenvalue weighted by atomic mass is 10.0. The van der Waals surface area contributed by atoms with Crippen molar-refractivity contribution in [3.05, 3.63) is 77.9 Å². The number of esters is 1. The third kappa shape index (κ3) is 3.51. The summed E-state index contributed by atoms with van der Waals surface area (Å²) in [4.78, 5) is 11.6. The Hall–Kier alpha value is -2.81. The van der Waals surface area contributed by atoms with Crippen LogP contribution in [0.2, 0.25) is 0 Å². The highest BCUT2D eigenvalue weighted by Crippen LogP contribution is 2.20. The molecule has 0 radical (unpaired) electrons. The molecule has 0 amide bonds. The average molecular weight is 305 g/mol. The molecule has 0 aliphatic rings. The molecular formula is C20H19NO2. The van der Waals surface area contributed by atoms with E-state index in [2.05, 4.69) is 41.7 Å². The molecule has 116 valence electrons. The topological polar surface area (TPSA) is 38.3 Å². The Bertz CT molecular complexity index is 804. The van der Waals surface area contributed by atoms with Crippen molar-refractivity contribution >= 4 is 22.4 Å². The first-order valence-corrected chi connectivity index (χ1v) is 7.75. The summed E-state index contributed by atoms with van der Waals surface area (Å²) in [5.41, 5.74) is 2.80. The summed E-state index contributed by atoms with van der Waals surface area (Å²) in [7, 11) is 0. The highest BCUT2D eigenvalue weighted by Gasteiger charge is 2.05. The molecule has 0 spiro atoms. The van der Waals surface area contributed by atoms with E-state index in [0.29, 0.717) is 12.2 Å². The van der Waals surface area contributed by atoms with Crippen LogP contribution in [0.25, 0.3) is 10.8 Å². The van der Waals surface area contributed by atoms with Crippen LogP contribution in [-0.4, -0.2) is 12.6 Å². The number of fused-ring (bicyclic) bond motifs is 1. The third-order valence-electron chi connectivity index (χ3n) is 3.76. The third-order valence-corrected chi connectivity index (χ3v) is 3.76. The van der Waals surface area contributed by atoms with Crippen LogP contribution < -0.4 is 5.32 Å². The minimum Gasteiger partial charge on any atom is -0.462 e. The molecule has 3 nitrogen and oxygen atoms in total. The monoisotopic (exact) mass is 305 g/mol. The summed E-state index contributed by atoms with van der Waals surface area (Å²) in [6, 6.07) is 22.0. The molecule has 0 atom stereocenters. The molecule has 3 heteroatoms. The van der Waals surface area contributed by atoms with E-state index >= 15 is 0 Å². The van der Waals surface area contributed by atoms with E-state index in [1.807, 2.05) is 18.2 Å². The molecule has 1 N–H and O–H groups in total. The molecule has 0 aliphatic carbocycles. The molecule has 3 rings (SSSR count). The largest absolute Gasteiger partial charge is 0.462 e. The van der Waals surface area contributed by atoms with Gasteiger partial charge in [0.1, 0.15) is 0 Å². The second-order valence-corrected chi connectivity index (χ2v) is 5.29. The van der Waals surface area contributed by atoms with Gasteiger partial charge in [-0.05, 0) is 47.5 Å². The first kappa shape index (κ1) is 15.1. The van der Waals surface area contributed by atoms with Gasteiger partial charge in [-0.25, -0.2) is 4.79 Å². The maximum Gasteiger partial charge on any atom is 0.338 e. The Balaban J connectivity index is 1.71. The van der Waals surface area contributed by atoms with Crippen LogP contribution in [0.1, 0.15) is 22.8 Å². The number of carbonyl (C=O) groups is 1. The average Bonchev–Trinajstić information content (AvgIpc) is 2.60. The number of carbonyl (C=O) groups excluding carboxylic acids is 1. The maximum atomic E-state index is 11.6. The first-order valence-electron chi connectivity index (χ1n) is 7.75. The van der Waals surface area contributed by atoms with Gasteiger partial charge in [0.15, 0.2) is 0 Å². The molecule has 0 bridgehead atoms. The van der Waals surface area contributed by atoms with Crippen LogP contribution in [0.3, 0.4) is 0 Å². The van der Waals surface area contributed by atoms with Crippen molar-refractivity contribution in [2.45, 2.75) is 13.5 Å². The maximum absolute atomic E-state index is 11.6. The van der Waals surface area contributed by atoms with Crippen molar-refractivity contribution < 1.29 is 9.53 Å². The van der Waals surface area contributed by atoms with E-state index in [0.717, 1.165) is 12.2 Å². The van der Waals surface area contributed by atoms with Crippen LogP contribution in [0.15, 0.2) is 66.7 Å². The number of ether oxygens (including phenoxy) is 1. The Kier molecular flexibility index (Phi) is 4.57. The van der Waals surface area contributed by atoms with Gasteiger partial charge in [-0.1, -0.05) is 42.5 Å². The molecule has 3 aromatic rings. The lowest BCUT2D eigenvalue weighted by molar-refractivity contribution is 0.0526. The van der Waals surface area contributed by atoms with Crippen LogP contribution in [0.4, 0.5) is 5.69 Å². The van der Waals surface area contributed by atoms with E-state index in [1.54, 1.807) is 19.1 Å². The second kappa shape index (κ2) is 6.97. The number of hydrogen-bond acceptors (Lipinski definition) is 3. The zero-order chi connectivity index (χ0) is 16.1. The smallest absolute Gasteiger partial charge is 0.338 e. The van der Waals surface area contributed by atoms with Gasteiger partial charge in [-0.2, -0.15) is 0 Å². The lowest BCUT2D eigenvalue weighted by Crippen LogP contribution is -2.05. The molecular weight excluding hydrogens is 286 g/mol. The SMILES string of the molecule is CCOC(=O)c1ccc(NCc2cccc3ccccc23)cc1. The molecule has 0 aromatic heterocycles. The number of nitrogens with one attached hydrogen (secondary N) is 1. The number of hydrogen-bond donors (Lipinski definition) is 1.